The van der Waals surface area contributed by atoms with Gasteiger partial charge < -0.3 is 0 Å². The number of phenolic OH excluding ortho intramolecular Hbond substituents is 1. The third kappa shape index (κ3) is 1.65. The monoisotopic (exact) mass is 283 g/mol. The maximum absolute atomic E-state index is 9.76. The van der Waals surface area contributed by atoms with Gasteiger partial charge in [-0.15, -0.1) is 0 Å². The van der Waals surface area contributed by atoms with Crippen LogP contribution in [0.2, 0.25) is 0 Å². The van der Waals surface area contributed by atoms with Crippen molar-refractivity contribution < 1.29 is 5.11 Å². The molecule has 0 bridgehead atoms. The van der Waals surface area contributed by atoms with Crippen molar-refractivity contribution in [3.63, 3.8) is 0 Å². The Hall–Kier alpha value is -1.66. The van der Waals surface area contributed by atoms with Crippen molar-refractivity contribution in [2.24, 2.45) is 0 Å². The zero-order chi connectivity index (χ0) is 11.8. The van der Waals surface area contributed by atoms with E-state index in [9.17, 15) is 5.11 Å². The number of rotatable bonds is 1. The first-order valence-electron chi connectivity index (χ1n) is 5.35. The molecule has 2 N–H and O–H groups in total. The fraction of sp³-hybridized carbons (Fsp3) is 0. The van der Waals surface area contributed by atoms with Gasteiger partial charge in [0.1, 0.15) is 0 Å². The molecule has 2 nitrogen and oxygen atoms in total. The molecule has 1 heterocycles. The Balaban J connectivity index is 2.34. The number of nitrogens with one attached hydrogen (secondary N) is 1. The van der Waals surface area contributed by atoms with Crippen molar-refractivity contribution in [3.8, 4) is 16.9 Å². The molecule has 0 spiro atoms. The van der Waals surface area contributed by atoms with E-state index in [0.29, 0.717) is 5.75 Å². The van der Waals surface area contributed by atoms with Crippen LogP contribution in [0.15, 0.2) is 48.7 Å². The fourth-order valence-electron chi connectivity index (χ4n) is 2.07. The Labute approximate surface area is 108 Å². The molecule has 3 aromatic rings. The van der Waals surface area contributed by atoms with Gasteiger partial charge in [0.15, 0.2) is 0 Å². The molecule has 0 saturated carbocycles. The van der Waals surface area contributed by atoms with E-state index in [1.807, 2.05) is 30.5 Å². The summed E-state index contributed by atoms with van der Waals surface area (Å²) in [6, 6.07) is 13.8. The average Bonchev–Trinajstić information content (AvgIpc) is 2.81. The molecular weight excluding hydrogens is 273 g/mol. The number of hydrogen-bond acceptors (Lipinski definition) is 1. The van der Waals surface area contributed by atoms with Crippen LogP contribution in [0.4, 0.5) is 0 Å². The van der Waals surface area contributed by atoms with E-state index in [2.05, 4.69) is 34.0 Å². The molecule has 2 aromatic carbocycles. The summed E-state index contributed by atoms with van der Waals surface area (Å²) >= 11 is 2.44. The summed E-state index contributed by atoms with van der Waals surface area (Å²) in [7, 11) is 0. The van der Waals surface area contributed by atoms with Gasteiger partial charge in [0.2, 0.25) is 0 Å². The summed E-state index contributed by atoms with van der Waals surface area (Å²) < 4.78 is 0.855. The third-order valence-electron chi connectivity index (χ3n) is 2.90. The van der Waals surface area contributed by atoms with E-state index in [-0.39, 0.29) is 0 Å². The Kier molecular flexibility index (Phi) is 2.45. The molecule has 0 aliphatic rings. The quantitative estimate of drug-likeness (QED) is 0.661. The van der Waals surface area contributed by atoms with Crippen molar-refractivity contribution in [2.45, 2.75) is 0 Å². The molecule has 0 unspecified atom stereocenters. The van der Waals surface area contributed by atoms with E-state index in [1.54, 1.807) is 6.07 Å². The van der Waals surface area contributed by atoms with Crippen LogP contribution in [0.25, 0.3) is 22.0 Å². The Morgan fingerprint density at radius 3 is 2.59 bits per heavy atom. The van der Waals surface area contributed by atoms with Crippen molar-refractivity contribution in [3.05, 3.63) is 48.7 Å². The van der Waals surface area contributed by atoms with E-state index in [1.165, 1.54) is 5.39 Å². The molecule has 3 rings (SSSR count). The first kappa shape index (κ1) is 10.5. The summed E-state index contributed by atoms with van der Waals surface area (Å²) in [4.78, 5) is 3.20. The standard InChI is InChI=1S/C14H10AsNO/c15-14-11(4-2-6-13(14)17)9-3-1-5-12-10(9)7-8-16-12/h1-8,16-17H. The van der Waals surface area contributed by atoms with Crippen LogP contribution in [0.1, 0.15) is 0 Å². The average molecular weight is 283 g/mol. The van der Waals surface area contributed by atoms with Crippen LogP contribution >= 0.6 is 0 Å². The van der Waals surface area contributed by atoms with Crippen LogP contribution in [0.5, 0.6) is 5.75 Å². The van der Waals surface area contributed by atoms with Crippen LogP contribution < -0.4 is 4.35 Å². The SMILES string of the molecule is Oc1cccc(-c2cccc3[nH]ccc23)c1[As]. The molecule has 0 amide bonds. The normalized spacial score (nSPS) is 10.9. The van der Waals surface area contributed by atoms with E-state index in [4.69, 9.17) is 0 Å². The number of phenols is 1. The van der Waals surface area contributed by atoms with Gasteiger partial charge in [-0.25, -0.2) is 0 Å². The number of aromatic nitrogens is 1. The van der Waals surface area contributed by atoms with Crippen molar-refractivity contribution in [1.82, 2.24) is 4.98 Å². The van der Waals surface area contributed by atoms with E-state index in [0.717, 1.165) is 21.0 Å². The van der Waals surface area contributed by atoms with Crippen LogP contribution in [0, 0.1) is 0 Å². The topological polar surface area (TPSA) is 36.0 Å². The van der Waals surface area contributed by atoms with Gasteiger partial charge in [-0.2, -0.15) is 0 Å². The fourth-order valence-corrected chi connectivity index (χ4v) is 2.63. The molecule has 0 aliphatic carbocycles. The third-order valence-corrected chi connectivity index (χ3v) is 3.89. The Morgan fingerprint density at radius 2 is 1.71 bits per heavy atom. The predicted molar refractivity (Wildman–Crippen MR) is 70.8 cm³/mol. The van der Waals surface area contributed by atoms with Gasteiger partial charge in [0, 0.05) is 0 Å². The zero-order valence-electron chi connectivity index (χ0n) is 9.01. The zero-order valence-corrected chi connectivity index (χ0v) is 10.9. The maximum atomic E-state index is 9.76. The molecule has 0 aliphatic heterocycles. The van der Waals surface area contributed by atoms with Crippen LogP contribution in [-0.2, 0) is 0 Å². The van der Waals surface area contributed by atoms with Gasteiger partial charge in [0.25, 0.3) is 0 Å². The van der Waals surface area contributed by atoms with E-state index < -0.39 is 0 Å². The van der Waals surface area contributed by atoms with Gasteiger partial charge in [-0.05, 0) is 0 Å². The second-order valence-corrected chi connectivity index (χ2v) is 4.86. The van der Waals surface area contributed by atoms with Crippen molar-refractivity contribution in [2.75, 3.05) is 0 Å². The van der Waals surface area contributed by atoms with Crippen molar-refractivity contribution in [1.29, 1.82) is 0 Å². The minimum absolute atomic E-state index is 0.315. The summed E-state index contributed by atoms with van der Waals surface area (Å²) in [5, 5.41) is 10.9. The number of H-pyrrole nitrogens is 1. The Morgan fingerprint density at radius 1 is 0.941 bits per heavy atom. The minimum atomic E-state index is 0.315. The first-order valence-corrected chi connectivity index (χ1v) is 6.28. The van der Waals surface area contributed by atoms with Gasteiger partial charge >= 0.3 is 108 Å². The molecule has 1 aromatic heterocycles. The molecular formula is C14H10AsNO. The second-order valence-electron chi connectivity index (χ2n) is 3.92. The second kappa shape index (κ2) is 3.97. The number of hydrogen-bond donors (Lipinski definition) is 2. The number of aromatic amines is 1. The molecule has 0 saturated heterocycles. The van der Waals surface area contributed by atoms with Gasteiger partial charge in [-0.3, -0.25) is 0 Å². The molecule has 17 heavy (non-hydrogen) atoms. The van der Waals surface area contributed by atoms with Gasteiger partial charge in [-0.1, -0.05) is 0 Å². The Bertz CT molecular complexity index is 688. The number of aromatic hydroxyl groups is 1. The molecule has 0 fully saturated rings. The molecule has 3 heteroatoms. The van der Waals surface area contributed by atoms with Crippen LogP contribution in [-0.4, -0.2) is 26.9 Å². The van der Waals surface area contributed by atoms with E-state index >= 15 is 0 Å². The summed E-state index contributed by atoms with van der Waals surface area (Å²) in [5.74, 6) is 0.315. The first-order chi connectivity index (χ1) is 8.27. The summed E-state index contributed by atoms with van der Waals surface area (Å²) in [6.45, 7) is 0. The number of fused-ring (bicyclic) bond motifs is 1. The molecule has 0 atom stereocenters. The van der Waals surface area contributed by atoms with Crippen LogP contribution in [0.3, 0.4) is 0 Å². The summed E-state index contributed by atoms with van der Waals surface area (Å²) in [6.07, 6.45) is 1.93. The number of benzene rings is 2. The molecule has 82 valence electrons. The van der Waals surface area contributed by atoms with Crippen molar-refractivity contribution >= 4 is 32.1 Å². The van der Waals surface area contributed by atoms with Gasteiger partial charge in [0.05, 0.1) is 0 Å². The molecule has 2 radical (unpaired) electrons. The summed E-state index contributed by atoms with van der Waals surface area (Å²) in [5.41, 5.74) is 3.29. The predicted octanol–water partition coefficient (Wildman–Crippen LogP) is 2.33.